The number of aromatic hydroxyl groups is 1. The second-order valence-corrected chi connectivity index (χ2v) is 6.61. The number of amides is 1. The molecule has 0 fully saturated rings. The zero-order chi connectivity index (χ0) is 18.0. The number of rotatable bonds is 3. The van der Waals surface area contributed by atoms with Gasteiger partial charge in [-0.1, -0.05) is 18.2 Å². The van der Waals surface area contributed by atoms with Gasteiger partial charge >= 0.3 is 0 Å². The normalized spacial score (nSPS) is 18.4. The fourth-order valence-electron chi connectivity index (χ4n) is 3.41. The summed E-state index contributed by atoms with van der Waals surface area (Å²) in [6.45, 7) is 4.63. The van der Waals surface area contributed by atoms with Crippen LogP contribution in [0.2, 0.25) is 0 Å². The molecule has 0 aliphatic carbocycles. The van der Waals surface area contributed by atoms with Crippen LogP contribution in [0.4, 0.5) is 4.39 Å². The first-order chi connectivity index (χ1) is 11.9. The second kappa shape index (κ2) is 7.23. The average Bonchev–Trinajstić information content (AvgIpc) is 2.74. The number of nitrogens with one attached hydrogen (secondary N) is 1. The molecule has 1 heterocycles. The highest BCUT2D eigenvalue weighted by atomic mass is 19.1. The Labute approximate surface area is 147 Å². The highest BCUT2D eigenvalue weighted by Crippen LogP contribution is 2.30. The van der Waals surface area contributed by atoms with Crippen molar-refractivity contribution in [3.8, 4) is 5.75 Å². The molecule has 0 radical (unpaired) electrons. The van der Waals surface area contributed by atoms with Gasteiger partial charge in [-0.25, -0.2) is 4.39 Å². The molecule has 2 atom stereocenters. The molecule has 0 bridgehead atoms. The zero-order valence-corrected chi connectivity index (χ0v) is 14.5. The third kappa shape index (κ3) is 3.99. The van der Waals surface area contributed by atoms with E-state index in [1.54, 1.807) is 30.0 Å². The molecular weight excluding hydrogens is 319 g/mol. The van der Waals surface area contributed by atoms with Crippen LogP contribution in [0.15, 0.2) is 42.5 Å². The highest BCUT2D eigenvalue weighted by molar-refractivity contribution is 5.73. The van der Waals surface area contributed by atoms with Crippen LogP contribution in [0.3, 0.4) is 0 Å². The number of hydrogen-bond donors (Lipinski definition) is 2. The van der Waals surface area contributed by atoms with Gasteiger partial charge < -0.3 is 15.3 Å². The molecule has 5 heteroatoms. The molecule has 0 saturated carbocycles. The van der Waals surface area contributed by atoms with Crippen molar-refractivity contribution in [3.05, 3.63) is 65.0 Å². The number of fused-ring (bicyclic) bond motifs is 1. The minimum absolute atomic E-state index is 0.00288. The Kier molecular flexibility index (Phi) is 5.04. The van der Waals surface area contributed by atoms with Gasteiger partial charge in [-0.2, -0.15) is 0 Å². The maximum absolute atomic E-state index is 13.7. The first kappa shape index (κ1) is 17.4. The van der Waals surface area contributed by atoms with Crippen molar-refractivity contribution in [2.75, 3.05) is 6.54 Å². The molecule has 0 unspecified atom stereocenters. The lowest BCUT2D eigenvalue weighted by Gasteiger charge is -2.24. The van der Waals surface area contributed by atoms with Crippen LogP contribution in [-0.2, 0) is 11.3 Å². The zero-order valence-electron chi connectivity index (χ0n) is 14.5. The molecule has 0 saturated heterocycles. The molecule has 25 heavy (non-hydrogen) atoms. The molecule has 2 N–H and O–H groups in total. The van der Waals surface area contributed by atoms with Gasteiger partial charge in [-0.05, 0) is 54.3 Å². The van der Waals surface area contributed by atoms with Gasteiger partial charge in [0.15, 0.2) is 0 Å². The largest absolute Gasteiger partial charge is 0.508 e. The van der Waals surface area contributed by atoms with Gasteiger partial charge in [0.05, 0.1) is 0 Å². The molecule has 2 aromatic rings. The van der Waals surface area contributed by atoms with Crippen LogP contribution < -0.4 is 5.32 Å². The third-order valence-corrected chi connectivity index (χ3v) is 4.80. The van der Waals surface area contributed by atoms with E-state index in [0.717, 1.165) is 23.1 Å². The Morgan fingerprint density at radius 2 is 2.12 bits per heavy atom. The molecule has 2 aromatic carbocycles. The Morgan fingerprint density at radius 3 is 2.84 bits per heavy atom. The summed E-state index contributed by atoms with van der Waals surface area (Å²) >= 11 is 0. The van der Waals surface area contributed by atoms with Gasteiger partial charge in [0, 0.05) is 32.1 Å². The van der Waals surface area contributed by atoms with E-state index in [2.05, 4.69) is 5.32 Å². The van der Waals surface area contributed by atoms with E-state index in [1.165, 1.54) is 12.1 Å². The van der Waals surface area contributed by atoms with E-state index >= 15 is 0 Å². The van der Waals surface area contributed by atoms with E-state index in [0.29, 0.717) is 13.1 Å². The molecule has 1 amide bonds. The van der Waals surface area contributed by atoms with Gasteiger partial charge in [-0.15, -0.1) is 0 Å². The SMILES string of the molecule is CC(=O)N1CC[C@H](N[C@H](C)c2cccc(O)c2)c2ccc(F)cc2C1. The van der Waals surface area contributed by atoms with E-state index in [4.69, 9.17) is 0 Å². The summed E-state index contributed by atoms with van der Waals surface area (Å²) in [6.07, 6.45) is 0.751. The lowest BCUT2D eigenvalue weighted by atomic mass is 9.97. The summed E-state index contributed by atoms with van der Waals surface area (Å²) in [7, 11) is 0. The van der Waals surface area contributed by atoms with E-state index < -0.39 is 0 Å². The predicted molar refractivity (Wildman–Crippen MR) is 94.5 cm³/mol. The van der Waals surface area contributed by atoms with Crippen molar-refractivity contribution in [2.45, 2.75) is 38.9 Å². The number of hydrogen-bond acceptors (Lipinski definition) is 3. The molecule has 0 aromatic heterocycles. The lowest BCUT2D eigenvalue weighted by molar-refractivity contribution is -0.129. The Balaban J connectivity index is 1.87. The second-order valence-electron chi connectivity index (χ2n) is 6.61. The minimum atomic E-state index is -0.288. The summed E-state index contributed by atoms with van der Waals surface area (Å²) in [6, 6.07) is 12.0. The van der Waals surface area contributed by atoms with Crippen LogP contribution in [0.5, 0.6) is 5.75 Å². The van der Waals surface area contributed by atoms with Crippen LogP contribution in [0.1, 0.15) is 49.0 Å². The van der Waals surface area contributed by atoms with Crippen molar-refractivity contribution >= 4 is 5.91 Å². The minimum Gasteiger partial charge on any atom is -0.508 e. The van der Waals surface area contributed by atoms with E-state index in [1.807, 2.05) is 19.1 Å². The third-order valence-electron chi connectivity index (χ3n) is 4.80. The standard InChI is InChI=1S/C20H23FN2O2/c1-13(15-4-3-5-18(25)11-15)22-20-8-9-23(14(2)24)12-16-10-17(21)6-7-19(16)20/h3-7,10-11,13,20,22,25H,8-9,12H2,1-2H3/t13-,20+/m1/s1. The van der Waals surface area contributed by atoms with Crippen molar-refractivity contribution in [1.82, 2.24) is 10.2 Å². The first-order valence-electron chi connectivity index (χ1n) is 8.53. The fraction of sp³-hybridized carbons (Fsp3) is 0.350. The van der Waals surface area contributed by atoms with Crippen molar-refractivity contribution in [2.24, 2.45) is 0 Å². The van der Waals surface area contributed by atoms with Gasteiger partial charge in [0.25, 0.3) is 0 Å². The summed E-state index contributed by atoms with van der Waals surface area (Å²) < 4.78 is 13.7. The Bertz CT molecular complexity index is 778. The number of carbonyl (C=O) groups excluding carboxylic acids is 1. The fourth-order valence-corrected chi connectivity index (χ4v) is 3.41. The first-order valence-corrected chi connectivity index (χ1v) is 8.53. The molecule has 1 aliphatic heterocycles. The number of benzene rings is 2. The molecular formula is C20H23FN2O2. The number of halogens is 1. The van der Waals surface area contributed by atoms with Crippen molar-refractivity contribution < 1.29 is 14.3 Å². The van der Waals surface area contributed by atoms with E-state index in [9.17, 15) is 14.3 Å². The van der Waals surface area contributed by atoms with Crippen LogP contribution in [0, 0.1) is 5.82 Å². The molecule has 4 nitrogen and oxygen atoms in total. The van der Waals surface area contributed by atoms with Crippen molar-refractivity contribution in [3.63, 3.8) is 0 Å². The van der Waals surface area contributed by atoms with Crippen molar-refractivity contribution in [1.29, 1.82) is 0 Å². The van der Waals surface area contributed by atoms with E-state index in [-0.39, 0.29) is 29.6 Å². The maximum Gasteiger partial charge on any atom is 0.219 e. The number of phenolic OH excluding ortho intramolecular Hbond substituents is 1. The molecule has 3 rings (SSSR count). The van der Waals surface area contributed by atoms with Crippen LogP contribution in [-0.4, -0.2) is 22.5 Å². The van der Waals surface area contributed by atoms with Crippen LogP contribution >= 0.6 is 0 Å². The number of nitrogens with zero attached hydrogens (tertiary/aromatic N) is 1. The number of phenols is 1. The van der Waals surface area contributed by atoms with Gasteiger partial charge in [0.2, 0.25) is 5.91 Å². The molecule has 0 spiro atoms. The summed E-state index contributed by atoms with van der Waals surface area (Å²) in [5.74, 6) is -0.0573. The average molecular weight is 342 g/mol. The Morgan fingerprint density at radius 1 is 1.32 bits per heavy atom. The van der Waals surface area contributed by atoms with Gasteiger partial charge in [-0.3, -0.25) is 4.79 Å². The Hall–Kier alpha value is -2.40. The highest BCUT2D eigenvalue weighted by Gasteiger charge is 2.25. The molecule has 1 aliphatic rings. The molecule has 132 valence electrons. The number of carbonyl (C=O) groups is 1. The lowest BCUT2D eigenvalue weighted by Crippen LogP contribution is -2.30. The van der Waals surface area contributed by atoms with Gasteiger partial charge in [0.1, 0.15) is 11.6 Å². The predicted octanol–water partition coefficient (Wildman–Crippen LogP) is 3.68. The smallest absolute Gasteiger partial charge is 0.219 e. The maximum atomic E-state index is 13.7. The monoisotopic (exact) mass is 342 g/mol. The van der Waals surface area contributed by atoms with Crippen LogP contribution in [0.25, 0.3) is 0 Å². The summed E-state index contributed by atoms with van der Waals surface area (Å²) in [4.78, 5) is 13.6. The topological polar surface area (TPSA) is 52.6 Å². The quantitative estimate of drug-likeness (QED) is 0.895. The summed E-state index contributed by atoms with van der Waals surface area (Å²) in [5, 5.41) is 13.2. The summed E-state index contributed by atoms with van der Waals surface area (Å²) in [5.41, 5.74) is 2.85.